The number of anilines is 1. The van der Waals surface area contributed by atoms with Crippen LogP contribution in [0.2, 0.25) is 0 Å². The summed E-state index contributed by atoms with van der Waals surface area (Å²) >= 11 is 1.41. The highest BCUT2D eigenvalue weighted by molar-refractivity contribution is 7.22. The van der Waals surface area contributed by atoms with Gasteiger partial charge in [-0.1, -0.05) is 47.7 Å². The Labute approximate surface area is 218 Å². The Morgan fingerprint density at radius 2 is 1.62 bits per heavy atom. The minimum Gasteiger partial charge on any atom is -0.493 e. The lowest BCUT2D eigenvalue weighted by atomic mass is 10.1. The highest BCUT2D eigenvalue weighted by Gasteiger charge is 2.22. The number of methoxy groups -OCH3 is 3. The number of aryl methyl sites for hydroxylation is 1. The first-order valence-electron chi connectivity index (χ1n) is 11.5. The van der Waals surface area contributed by atoms with Gasteiger partial charge in [0.15, 0.2) is 11.5 Å². The Hall–Kier alpha value is -4.43. The van der Waals surface area contributed by atoms with Crippen molar-refractivity contribution in [2.24, 2.45) is 5.10 Å². The first kappa shape index (κ1) is 24.3. The molecule has 0 aliphatic rings. The highest BCUT2D eigenvalue weighted by Crippen LogP contribution is 2.38. The number of rotatable bonds is 7. The summed E-state index contributed by atoms with van der Waals surface area (Å²) in [6.45, 7) is 2.03. The molecule has 0 N–H and O–H groups in total. The Bertz CT molecular complexity index is 1620. The monoisotopic (exact) mass is 511 g/mol. The van der Waals surface area contributed by atoms with Gasteiger partial charge in [0.05, 0.1) is 37.8 Å². The Balaban J connectivity index is 1.60. The standard InChI is InChI=1S/C29H25N3O4S/c1-18-9-12-23-26(13-18)37-29(31-23)32(28(33)22-11-10-20-7-5-6-8-21(20)16-22)30-17-19-14-24(34-2)27(36-4)25(15-19)35-3/h5-17H,1-4H3/b30-17+. The summed E-state index contributed by atoms with van der Waals surface area (Å²) in [5.41, 5.74) is 3.11. The number of hydrogen-bond acceptors (Lipinski definition) is 7. The number of carbonyl (C=O) groups excluding carboxylic acids is 1. The van der Waals surface area contributed by atoms with Crippen molar-refractivity contribution in [3.05, 3.63) is 89.5 Å². The van der Waals surface area contributed by atoms with E-state index in [4.69, 9.17) is 19.2 Å². The molecule has 0 bridgehead atoms. The summed E-state index contributed by atoms with van der Waals surface area (Å²) in [5, 5.41) is 8.45. The lowest BCUT2D eigenvalue weighted by Crippen LogP contribution is -2.25. The molecule has 5 rings (SSSR count). The van der Waals surface area contributed by atoms with E-state index in [1.165, 1.54) is 16.3 Å². The minimum absolute atomic E-state index is 0.287. The first-order chi connectivity index (χ1) is 18.0. The van der Waals surface area contributed by atoms with Crippen LogP contribution >= 0.6 is 11.3 Å². The fourth-order valence-electron chi connectivity index (χ4n) is 4.04. The van der Waals surface area contributed by atoms with Gasteiger partial charge in [0.2, 0.25) is 10.9 Å². The normalized spacial score (nSPS) is 11.2. The molecule has 0 aliphatic carbocycles. The van der Waals surface area contributed by atoms with E-state index in [1.807, 2.05) is 61.5 Å². The second-order valence-electron chi connectivity index (χ2n) is 8.35. The topological polar surface area (TPSA) is 73.2 Å². The molecular weight excluding hydrogens is 486 g/mol. The maximum atomic E-state index is 13.8. The molecule has 0 radical (unpaired) electrons. The van der Waals surface area contributed by atoms with Crippen molar-refractivity contribution in [3.63, 3.8) is 0 Å². The molecule has 0 saturated heterocycles. The second-order valence-corrected chi connectivity index (χ2v) is 9.36. The highest BCUT2D eigenvalue weighted by atomic mass is 32.1. The number of hydrogen-bond donors (Lipinski definition) is 0. The number of hydrazone groups is 1. The maximum Gasteiger partial charge on any atom is 0.280 e. The van der Waals surface area contributed by atoms with Crippen LogP contribution in [0.3, 0.4) is 0 Å². The third kappa shape index (κ3) is 4.83. The number of fused-ring (bicyclic) bond motifs is 2. The summed E-state index contributed by atoms with van der Waals surface area (Å²) in [5.74, 6) is 1.18. The number of amides is 1. The SMILES string of the molecule is COc1cc(/C=N/N(C(=O)c2ccc3ccccc3c2)c2nc3ccc(C)cc3s2)cc(OC)c1OC. The van der Waals surface area contributed by atoms with Crippen LogP contribution in [0.4, 0.5) is 5.13 Å². The van der Waals surface area contributed by atoms with E-state index in [0.717, 1.165) is 26.6 Å². The molecule has 1 amide bonds. The van der Waals surface area contributed by atoms with Crippen molar-refractivity contribution >= 4 is 49.6 Å². The van der Waals surface area contributed by atoms with Gasteiger partial charge in [-0.25, -0.2) is 4.98 Å². The largest absolute Gasteiger partial charge is 0.493 e. The molecule has 0 saturated carbocycles. The van der Waals surface area contributed by atoms with Crippen LogP contribution in [0.1, 0.15) is 21.5 Å². The molecule has 0 aliphatic heterocycles. The molecule has 7 nitrogen and oxygen atoms in total. The summed E-state index contributed by atoms with van der Waals surface area (Å²) in [4.78, 5) is 18.5. The summed E-state index contributed by atoms with van der Waals surface area (Å²) in [6.07, 6.45) is 1.58. The van der Waals surface area contributed by atoms with E-state index in [-0.39, 0.29) is 5.91 Å². The van der Waals surface area contributed by atoms with Crippen molar-refractivity contribution < 1.29 is 19.0 Å². The molecule has 186 valence electrons. The molecule has 1 heterocycles. The minimum atomic E-state index is -0.287. The summed E-state index contributed by atoms with van der Waals surface area (Å²) in [6, 6.07) is 23.1. The average molecular weight is 512 g/mol. The first-order valence-corrected chi connectivity index (χ1v) is 12.4. The van der Waals surface area contributed by atoms with Crippen molar-refractivity contribution in [1.29, 1.82) is 0 Å². The van der Waals surface area contributed by atoms with Gasteiger partial charge in [-0.3, -0.25) is 4.79 Å². The zero-order valence-electron chi connectivity index (χ0n) is 20.9. The Kier molecular flexibility index (Phi) is 6.74. The fourth-order valence-corrected chi connectivity index (χ4v) is 5.06. The van der Waals surface area contributed by atoms with Gasteiger partial charge in [0, 0.05) is 11.1 Å². The predicted molar refractivity (Wildman–Crippen MR) is 149 cm³/mol. The average Bonchev–Trinajstić information content (AvgIpc) is 3.34. The molecule has 1 aromatic heterocycles. The fraction of sp³-hybridized carbons (Fsp3) is 0.138. The predicted octanol–water partition coefficient (Wildman–Crippen LogP) is 6.46. The van der Waals surface area contributed by atoms with E-state index >= 15 is 0 Å². The lowest BCUT2D eigenvalue weighted by Gasteiger charge is -2.15. The Morgan fingerprint density at radius 3 is 2.32 bits per heavy atom. The van der Waals surface area contributed by atoms with Gasteiger partial charge < -0.3 is 14.2 Å². The van der Waals surface area contributed by atoms with E-state index in [0.29, 0.717) is 33.5 Å². The molecule has 37 heavy (non-hydrogen) atoms. The van der Waals surface area contributed by atoms with Crippen LogP contribution in [0.25, 0.3) is 21.0 Å². The molecule has 5 aromatic rings. The van der Waals surface area contributed by atoms with Gasteiger partial charge in [0.25, 0.3) is 5.91 Å². The number of thiazole rings is 1. The molecule has 4 aromatic carbocycles. The molecule has 0 spiro atoms. The van der Waals surface area contributed by atoms with Crippen LogP contribution in [0.5, 0.6) is 17.2 Å². The van der Waals surface area contributed by atoms with Gasteiger partial charge in [-0.15, -0.1) is 0 Å². The van der Waals surface area contributed by atoms with Gasteiger partial charge in [0.1, 0.15) is 0 Å². The third-order valence-corrected chi connectivity index (χ3v) is 6.91. The molecular formula is C29H25N3O4S. The van der Waals surface area contributed by atoms with E-state index in [9.17, 15) is 4.79 Å². The molecule has 0 atom stereocenters. The summed E-state index contributed by atoms with van der Waals surface area (Å²) < 4.78 is 17.3. The Morgan fingerprint density at radius 1 is 0.892 bits per heavy atom. The lowest BCUT2D eigenvalue weighted by molar-refractivity contribution is 0.0988. The number of aromatic nitrogens is 1. The van der Waals surface area contributed by atoms with E-state index < -0.39 is 0 Å². The van der Waals surface area contributed by atoms with Crippen LogP contribution in [-0.2, 0) is 0 Å². The molecule has 0 fully saturated rings. The van der Waals surface area contributed by atoms with Crippen molar-refractivity contribution in [3.8, 4) is 17.2 Å². The third-order valence-electron chi connectivity index (χ3n) is 5.91. The number of ether oxygens (including phenoxy) is 3. The molecule has 8 heteroatoms. The smallest absolute Gasteiger partial charge is 0.280 e. The van der Waals surface area contributed by atoms with Crippen molar-refractivity contribution in [1.82, 2.24) is 4.98 Å². The van der Waals surface area contributed by atoms with E-state index in [2.05, 4.69) is 11.2 Å². The number of benzene rings is 4. The van der Waals surface area contributed by atoms with Crippen LogP contribution in [-0.4, -0.2) is 38.4 Å². The van der Waals surface area contributed by atoms with Crippen molar-refractivity contribution in [2.45, 2.75) is 6.92 Å². The van der Waals surface area contributed by atoms with Gasteiger partial charge in [-0.2, -0.15) is 10.1 Å². The van der Waals surface area contributed by atoms with Crippen molar-refractivity contribution in [2.75, 3.05) is 26.3 Å². The van der Waals surface area contributed by atoms with Crippen LogP contribution in [0, 0.1) is 6.92 Å². The van der Waals surface area contributed by atoms with Gasteiger partial charge in [-0.05, 0) is 59.7 Å². The van der Waals surface area contributed by atoms with Gasteiger partial charge >= 0.3 is 0 Å². The molecule has 0 unspecified atom stereocenters. The zero-order valence-corrected chi connectivity index (χ0v) is 21.7. The van der Waals surface area contributed by atoms with Crippen LogP contribution < -0.4 is 19.2 Å². The van der Waals surface area contributed by atoms with Crippen LogP contribution in [0.15, 0.2) is 77.9 Å². The zero-order chi connectivity index (χ0) is 25.9. The number of nitrogens with zero attached hydrogens (tertiary/aromatic N) is 3. The van der Waals surface area contributed by atoms with E-state index in [1.54, 1.807) is 39.7 Å². The summed E-state index contributed by atoms with van der Waals surface area (Å²) in [7, 11) is 4.65. The number of carbonyl (C=O) groups is 1. The second kappa shape index (κ2) is 10.3. The maximum absolute atomic E-state index is 13.8. The quantitative estimate of drug-likeness (QED) is 0.185.